The lowest BCUT2D eigenvalue weighted by molar-refractivity contribution is -0.120. The Balaban J connectivity index is 2.03. The molecule has 8 nitrogen and oxygen atoms in total. The SMILES string of the molecule is CCOc1ccccc1NC(=O)COn1cc(C(=O)O)ccc1=O. The van der Waals surface area contributed by atoms with Crippen LogP contribution in [0.15, 0.2) is 47.4 Å². The lowest BCUT2D eigenvalue weighted by Crippen LogP contribution is -2.32. The first-order chi connectivity index (χ1) is 11.5. The summed E-state index contributed by atoms with van der Waals surface area (Å²) in [5.74, 6) is -1.21. The Morgan fingerprint density at radius 3 is 2.67 bits per heavy atom. The van der Waals surface area contributed by atoms with Crippen LogP contribution in [0.1, 0.15) is 17.3 Å². The van der Waals surface area contributed by atoms with Crippen LogP contribution < -0.4 is 20.5 Å². The molecule has 0 atom stereocenters. The molecular formula is C16H16N2O6. The minimum absolute atomic E-state index is 0.128. The van der Waals surface area contributed by atoms with Gasteiger partial charge in [-0.05, 0) is 25.1 Å². The van der Waals surface area contributed by atoms with Gasteiger partial charge in [0.1, 0.15) is 5.75 Å². The zero-order valence-electron chi connectivity index (χ0n) is 12.9. The third kappa shape index (κ3) is 4.35. The molecule has 1 aromatic carbocycles. The van der Waals surface area contributed by atoms with Crippen molar-refractivity contribution in [3.63, 3.8) is 0 Å². The van der Waals surface area contributed by atoms with E-state index in [1.54, 1.807) is 24.3 Å². The van der Waals surface area contributed by atoms with Crippen molar-refractivity contribution in [3.8, 4) is 5.75 Å². The topological polar surface area (TPSA) is 107 Å². The average molecular weight is 332 g/mol. The van der Waals surface area contributed by atoms with E-state index in [9.17, 15) is 14.4 Å². The molecule has 1 aromatic heterocycles. The van der Waals surface area contributed by atoms with E-state index in [2.05, 4.69) is 5.32 Å². The first kappa shape index (κ1) is 17.1. The van der Waals surface area contributed by atoms with Crippen LogP contribution in [0.5, 0.6) is 5.75 Å². The fourth-order valence-corrected chi connectivity index (χ4v) is 1.86. The van der Waals surface area contributed by atoms with Gasteiger partial charge in [0, 0.05) is 6.07 Å². The highest BCUT2D eigenvalue weighted by Gasteiger charge is 2.10. The molecule has 0 saturated heterocycles. The number of hydrogen-bond acceptors (Lipinski definition) is 5. The largest absolute Gasteiger partial charge is 0.492 e. The molecule has 0 aliphatic rings. The van der Waals surface area contributed by atoms with Crippen molar-refractivity contribution in [2.45, 2.75) is 6.92 Å². The Morgan fingerprint density at radius 1 is 1.21 bits per heavy atom. The molecule has 24 heavy (non-hydrogen) atoms. The summed E-state index contributed by atoms with van der Waals surface area (Å²) in [6.45, 7) is 1.80. The van der Waals surface area contributed by atoms with Gasteiger partial charge in [0.15, 0.2) is 6.61 Å². The number of carbonyl (C=O) groups is 2. The summed E-state index contributed by atoms with van der Waals surface area (Å²) in [6, 6.07) is 9.09. The van der Waals surface area contributed by atoms with E-state index < -0.39 is 24.0 Å². The fourth-order valence-electron chi connectivity index (χ4n) is 1.86. The van der Waals surface area contributed by atoms with E-state index in [1.165, 1.54) is 0 Å². The van der Waals surface area contributed by atoms with E-state index in [1.807, 2.05) is 6.92 Å². The molecule has 2 aromatic rings. The third-order valence-electron chi connectivity index (χ3n) is 2.92. The maximum absolute atomic E-state index is 11.9. The second kappa shape index (κ2) is 7.82. The second-order valence-corrected chi connectivity index (χ2v) is 4.64. The highest BCUT2D eigenvalue weighted by Crippen LogP contribution is 2.23. The molecule has 0 unspecified atom stereocenters. The van der Waals surface area contributed by atoms with E-state index in [4.69, 9.17) is 14.7 Å². The van der Waals surface area contributed by atoms with Gasteiger partial charge in [0.25, 0.3) is 11.5 Å². The number of nitrogens with one attached hydrogen (secondary N) is 1. The number of carboxylic acid groups (broad SMARTS) is 1. The zero-order chi connectivity index (χ0) is 17.5. The Bertz CT molecular complexity index is 799. The van der Waals surface area contributed by atoms with Gasteiger partial charge < -0.3 is 20.0 Å². The maximum Gasteiger partial charge on any atom is 0.337 e. The quantitative estimate of drug-likeness (QED) is 0.784. The number of carboxylic acids is 1. The molecule has 126 valence electrons. The lowest BCUT2D eigenvalue weighted by Gasteiger charge is -2.12. The number of carbonyl (C=O) groups excluding carboxylic acids is 1. The van der Waals surface area contributed by atoms with Crippen LogP contribution in [0.3, 0.4) is 0 Å². The van der Waals surface area contributed by atoms with E-state index in [-0.39, 0.29) is 5.56 Å². The fraction of sp³-hybridized carbons (Fsp3) is 0.188. The molecule has 0 saturated carbocycles. The summed E-state index contributed by atoms with van der Waals surface area (Å²) in [7, 11) is 0. The minimum atomic E-state index is -1.21. The molecular weight excluding hydrogens is 316 g/mol. The van der Waals surface area contributed by atoms with Crippen LogP contribution >= 0.6 is 0 Å². The number of nitrogens with zero attached hydrogens (tertiary/aromatic N) is 1. The molecule has 8 heteroatoms. The molecule has 0 bridgehead atoms. The number of pyridine rings is 1. The van der Waals surface area contributed by atoms with Crippen LogP contribution in [0.4, 0.5) is 5.69 Å². The van der Waals surface area contributed by atoms with Crippen LogP contribution in [0, 0.1) is 0 Å². The maximum atomic E-state index is 11.9. The van der Waals surface area contributed by atoms with E-state index in [0.29, 0.717) is 22.8 Å². The first-order valence-corrected chi connectivity index (χ1v) is 7.12. The predicted molar refractivity (Wildman–Crippen MR) is 85.3 cm³/mol. The smallest absolute Gasteiger partial charge is 0.337 e. The van der Waals surface area contributed by atoms with Crippen LogP contribution in [-0.4, -0.2) is 34.9 Å². The standard InChI is InChI=1S/C16H16N2O6/c1-2-23-13-6-4-3-5-12(13)17-14(19)10-24-18-9-11(16(21)22)7-8-15(18)20/h3-9H,2,10H2,1H3,(H,17,19)(H,21,22). The van der Waals surface area contributed by atoms with Crippen molar-refractivity contribution < 1.29 is 24.3 Å². The van der Waals surface area contributed by atoms with Gasteiger partial charge in [-0.15, -0.1) is 0 Å². The first-order valence-electron chi connectivity index (χ1n) is 7.12. The lowest BCUT2D eigenvalue weighted by atomic mass is 10.3. The Morgan fingerprint density at radius 2 is 1.96 bits per heavy atom. The molecule has 2 N–H and O–H groups in total. The molecule has 0 aliphatic heterocycles. The minimum Gasteiger partial charge on any atom is -0.492 e. The molecule has 0 aliphatic carbocycles. The number of hydrogen-bond donors (Lipinski definition) is 2. The van der Waals surface area contributed by atoms with Crippen LogP contribution in [-0.2, 0) is 4.79 Å². The summed E-state index contributed by atoms with van der Waals surface area (Å²) >= 11 is 0. The second-order valence-electron chi connectivity index (χ2n) is 4.64. The molecule has 0 spiro atoms. The van der Waals surface area contributed by atoms with Gasteiger partial charge in [-0.25, -0.2) is 4.79 Å². The summed E-state index contributed by atoms with van der Waals surface area (Å²) in [4.78, 5) is 39.5. The van der Waals surface area contributed by atoms with Crippen molar-refractivity contribution >= 4 is 17.6 Å². The highest BCUT2D eigenvalue weighted by atomic mass is 16.7. The average Bonchev–Trinajstić information content (AvgIpc) is 2.56. The molecule has 0 radical (unpaired) electrons. The van der Waals surface area contributed by atoms with Gasteiger partial charge in [-0.1, -0.05) is 12.1 Å². The van der Waals surface area contributed by atoms with Gasteiger partial charge in [-0.2, -0.15) is 4.73 Å². The van der Waals surface area contributed by atoms with Gasteiger partial charge >= 0.3 is 5.97 Å². The predicted octanol–water partition coefficient (Wildman–Crippen LogP) is 1.01. The molecule has 0 fully saturated rings. The summed E-state index contributed by atoms with van der Waals surface area (Å²) in [6.07, 6.45) is 1.01. The number of aromatic carboxylic acids is 1. The summed E-state index contributed by atoms with van der Waals surface area (Å²) < 4.78 is 6.09. The van der Waals surface area contributed by atoms with Crippen molar-refractivity contribution in [1.29, 1.82) is 0 Å². The number of amides is 1. The van der Waals surface area contributed by atoms with Crippen molar-refractivity contribution in [1.82, 2.24) is 4.73 Å². The highest BCUT2D eigenvalue weighted by molar-refractivity contribution is 5.93. The van der Waals surface area contributed by atoms with Crippen molar-refractivity contribution in [3.05, 3.63) is 58.5 Å². The van der Waals surface area contributed by atoms with Gasteiger partial charge in [0.2, 0.25) is 0 Å². The Hall–Kier alpha value is -3.29. The summed E-state index contributed by atoms with van der Waals surface area (Å²) in [5.41, 5.74) is -0.237. The number of rotatable bonds is 7. The van der Waals surface area contributed by atoms with Crippen molar-refractivity contribution in [2.75, 3.05) is 18.5 Å². The van der Waals surface area contributed by atoms with E-state index >= 15 is 0 Å². The third-order valence-corrected chi connectivity index (χ3v) is 2.92. The van der Waals surface area contributed by atoms with Gasteiger partial charge in [0.05, 0.1) is 24.1 Å². The zero-order valence-corrected chi connectivity index (χ0v) is 12.9. The number of anilines is 1. The van der Waals surface area contributed by atoms with Crippen molar-refractivity contribution in [2.24, 2.45) is 0 Å². The van der Waals surface area contributed by atoms with E-state index in [0.717, 1.165) is 18.3 Å². The van der Waals surface area contributed by atoms with Crippen LogP contribution in [0.25, 0.3) is 0 Å². The number of aromatic nitrogens is 1. The normalized spacial score (nSPS) is 10.0. The number of benzene rings is 1. The Labute approximate surface area is 137 Å². The summed E-state index contributed by atoms with van der Waals surface area (Å²) in [5, 5.41) is 11.5. The molecule has 1 amide bonds. The number of ether oxygens (including phenoxy) is 1. The number of para-hydroxylation sites is 2. The van der Waals surface area contributed by atoms with Crippen LogP contribution in [0.2, 0.25) is 0 Å². The molecule has 2 rings (SSSR count). The monoisotopic (exact) mass is 332 g/mol. The van der Waals surface area contributed by atoms with Gasteiger partial charge in [-0.3, -0.25) is 9.59 Å². The Kier molecular flexibility index (Phi) is 5.56. The molecule has 1 heterocycles.